The number of hydrogen-bond donors (Lipinski definition) is 0. The van der Waals surface area contributed by atoms with Gasteiger partial charge in [0.2, 0.25) is 13.8 Å². The van der Waals surface area contributed by atoms with E-state index in [4.69, 9.17) is 0 Å². The molecule has 0 aliphatic rings. The zero-order valence-electron chi connectivity index (χ0n) is 7.29. The average Bonchev–Trinajstić information content (AvgIpc) is 2.84. The van der Waals surface area contributed by atoms with Crippen molar-refractivity contribution in [3.05, 3.63) is 9.47 Å². The molecule has 0 N–H and O–H groups in total. The summed E-state index contributed by atoms with van der Waals surface area (Å²) in [6.07, 6.45) is 0. The summed E-state index contributed by atoms with van der Waals surface area (Å²) in [6.45, 7) is 0. The minimum Gasteiger partial charge on any atom is -0.251 e. The van der Waals surface area contributed by atoms with Gasteiger partial charge in [0.25, 0.3) is 0 Å². The fraction of sp³-hybridized carbons (Fsp3) is 0.200. The molecule has 1 atom stereocenters. The van der Waals surface area contributed by atoms with Gasteiger partial charge in [0.05, 0.1) is 15.9 Å². The number of thioether (sulfide) groups is 1. The van der Waals surface area contributed by atoms with Gasteiger partial charge in [-0.2, -0.15) is 13.7 Å². The lowest BCUT2D eigenvalue weighted by atomic mass is 11.3. The van der Waals surface area contributed by atoms with Crippen LogP contribution >= 0.6 is 66.7 Å². The average molecular weight is 422 g/mol. The first-order chi connectivity index (χ1) is 7.65. The molecule has 2 aromatic rings. The maximum absolute atomic E-state index is 11.8. The van der Waals surface area contributed by atoms with Crippen molar-refractivity contribution in [1.29, 1.82) is 0 Å². The number of aromatic nitrogens is 4. The van der Waals surface area contributed by atoms with Crippen LogP contribution in [0.4, 0.5) is 0 Å². The zero-order chi connectivity index (χ0) is 11.5. The third kappa shape index (κ3) is 3.53. The van der Waals surface area contributed by atoms with E-state index in [-0.39, 0.29) is 0 Å². The molecule has 1 unspecified atom stereocenters. The van der Waals surface area contributed by atoms with Crippen LogP contribution in [0.25, 0.3) is 0 Å². The van der Waals surface area contributed by atoms with E-state index >= 15 is 0 Å². The van der Waals surface area contributed by atoms with E-state index in [1.807, 2.05) is 0 Å². The highest BCUT2D eigenvalue weighted by atomic mass is 79.9. The SMILES string of the molecule is O=S(CSc1nc(Br)ns1)c1nc(Br)ns1. The van der Waals surface area contributed by atoms with Crippen LogP contribution in [0.2, 0.25) is 0 Å². The topological polar surface area (TPSA) is 68.6 Å². The van der Waals surface area contributed by atoms with Gasteiger partial charge in [0, 0.05) is 0 Å². The minimum atomic E-state index is -1.15. The van der Waals surface area contributed by atoms with Crippen LogP contribution in [0.5, 0.6) is 0 Å². The second kappa shape index (κ2) is 5.96. The Morgan fingerprint density at radius 2 is 1.88 bits per heavy atom. The second-order valence-electron chi connectivity index (χ2n) is 2.27. The Kier molecular flexibility index (Phi) is 4.85. The third-order valence-electron chi connectivity index (χ3n) is 1.25. The summed E-state index contributed by atoms with van der Waals surface area (Å²) in [5.74, 6) is 0. The maximum Gasteiger partial charge on any atom is 0.210 e. The molecule has 2 rings (SSSR count). The number of hydrogen-bond acceptors (Lipinski definition) is 8. The first-order valence-corrected chi connectivity index (χ1v) is 9.08. The van der Waals surface area contributed by atoms with Gasteiger partial charge in [0.1, 0.15) is 0 Å². The Bertz CT molecular complexity index is 514. The molecule has 5 nitrogen and oxygen atoms in total. The second-order valence-corrected chi connectivity index (χ2v) is 8.40. The van der Waals surface area contributed by atoms with Crippen molar-refractivity contribution < 1.29 is 4.21 Å². The largest absolute Gasteiger partial charge is 0.251 e. The van der Waals surface area contributed by atoms with E-state index in [9.17, 15) is 4.21 Å². The van der Waals surface area contributed by atoms with Gasteiger partial charge in [-0.1, -0.05) is 11.8 Å². The van der Waals surface area contributed by atoms with E-state index in [0.717, 1.165) is 15.9 Å². The van der Waals surface area contributed by atoms with Crippen LogP contribution in [0.1, 0.15) is 0 Å². The molecule has 0 saturated carbocycles. The van der Waals surface area contributed by atoms with Crippen molar-refractivity contribution in [2.24, 2.45) is 0 Å². The van der Waals surface area contributed by atoms with Crippen LogP contribution in [-0.2, 0) is 10.8 Å². The molecular formula is C5H2Br2N4OS4. The summed E-state index contributed by atoms with van der Waals surface area (Å²) in [7, 11) is -1.15. The smallest absolute Gasteiger partial charge is 0.210 e. The molecule has 16 heavy (non-hydrogen) atoms. The molecule has 0 fully saturated rings. The van der Waals surface area contributed by atoms with Crippen LogP contribution < -0.4 is 0 Å². The van der Waals surface area contributed by atoms with Crippen molar-refractivity contribution in [3.63, 3.8) is 0 Å². The first-order valence-electron chi connectivity index (χ1n) is 3.65. The molecule has 0 amide bonds. The molecule has 0 aliphatic heterocycles. The Balaban J connectivity index is 1.93. The molecule has 2 aromatic heterocycles. The fourth-order valence-electron chi connectivity index (χ4n) is 0.691. The number of nitrogens with zero attached hydrogens (tertiary/aromatic N) is 4. The molecule has 0 bridgehead atoms. The quantitative estimate of drug-likeness (QED) is 0.707. The summed E-state index contributed by atoms with van der Waals surface area (Å²) in [5.41, 5.74) is 0. The van der Waals surface area contributed by atoms with Gasteiger partial charge in [-0.3, -0.25) is 4.21 Å². The predicted molar refractivity (Wildman–Crippen MR) is 72.4 cm³/mol. The van der Waals surface area contributed by atoms with Crippen LogP contribution in [0.15, 0.2) is 18.1 Å². The molecule has 0 aromatic carbocycles. The van der Waals surface area contributed by atoms with E-state index in [0.29, 0.717) is 18.9 Å². The highest BCUT2D eigenvalue weighted by molar-refractivity contribution is 9.10. The van der Waals surface area contributed by atoms with Gasteiger partial charge < -0.3 is 0 Å². The number of halogens is 2. The lowest BCUT2D eigenvalue weighted by molar-refractivity contribution is 0.685. The Hall–Kier alpha value is 0.580. The molecular weight excluding hydrogens is 420 g/mol. The Morgan fingerprint density at radius 1 is 1.19 bits per heavy atom. The molecule has 0 saturated heterocycles. The molecule has 0 spiro atoms. The molecule has 0 radical (unpaired) electrons. The first kappa shape index (κ1) is 13.0. The predicted octanol–water partition coefficient (Wildman–Crippen LogP) is 2.77. The molecule has 86 valence electrons. The lowest BCUT2D eigenvalue weighted by Crippen LogP contribution is -1.93. The van der Waals surface area contributed by atoms with Crippen molar-refractivity contribution in [2.75, 3.05) is 5.08 Å². The van der Waals surface area contributed by atoms with E-state index in [1.54, 1.807) is 0 Å². The third-order valence-corrected chi connectivity index (χ3v) is 6.96. The Labute approximate surface area is 123 Å². The van der Waals surface area contributed by atoms with Gasteiger partial charge in [-0.25, -0.2) is 4.98 Å². The Morgan fingerprint density at radius 3 is 2.44 bits per heavy atom. The number of rotatable bonds is 4. The van der Waals surface area contributed by atoms with Crippen LogP contribution in [-0.4, -0.2) is 28.0 Å². The maximum atomic E-state index is 11.8. The summed E-state index contributed by atoms with van der Waals surface area (Å²) >= 11 is 10.1. The summed E-state index contributed by atoms with van der Waals surface area (Å²) < 4.78 is 22.0. The van der Waals surface area contributed by atoms with Crippen LogP contribution in [0.3, 0.4) is 0 Å². The van der Waals surface area contributed by atoms with Gasteiger partial charge >= 0.3 is 0 Å². The molecule has 11 heteroatoms. The van der Waals surface area contributed by atoms with E-state index in [1.165, 1.54) is 23.3 Å². The van der Waals surface area contributed by atoms with Gasteiger partial charge in [-0.15, -0.1) is 0 Å². The van der Waals surface area contributed by atoms with E-state index in [2.05, 4.69) is 50.6 Å². The van der Waals surface area contributed by atoms with Crippen LogP contribution in [0, 0.1) is 0 Å². The van der Waals surface area contributed by atoms with Crippen molar-refractivity contribution in [1.82, 2.24) is 18.7 Å². The standard InChI is InChI=1S/C5H2Br2N4OS4/c6-2-8-4(14-10-2)13-1-16(12)5-9-3(7)11-15-5/h1H2. The van der Waals surface area contributed by atoms with Crippen molar-refractivity contribution in [2.45, 2.75) is 8.68 Å². The highest BCUT2D eigenvalue weighted by Crippen LogP contribution is 2.25. The molecule has 0 aliphatic carbocycles. The van der Waals surface area contributed by atoms with E-state index < -0.39 is 10.8 Å². The zero-order valence-corrected chi connectivity index (χ0v) is 13.7. The highest BCUT2D eigenvalue weighted by Gasteiger charge is 2.12. The fourth-order valence-corrected chi connectivity index (χ4v) is 5.80. The van der Waals surface area contributed by atoms with Gasteiger partial charge in [0.15, 0.2) is 4.34 Å². The summed E-state index contributed by atoms with van der Waals surface area (Å²) in [6, 6.07) is 0. The summed E-state index contributed by atoms with van der Waals surface area (Å²) in [5, 5.41) is 0.406. The summed E-state index contributed by atoms with van der Waals surface area (Å²) in [4.78, 5) is 8.09. The lowest BCUT2D eigenvalue weighted by Gasteiger charge is -1.93. The van der Waals surface area contributed by atoms with Gasteiger partial charge in [-0.05, 0) is 54.9 Å². The normalized spacial score (nSPS) is 12.9. The van der Waals surface area contributed by atoms with Crippen molar-refractivity contribution >= 4 is 77.5 Å². The minimum absolute atomic E-state index is 0.406. The van der Waals surface area contributed by atoms with Crippen molar-refractivity contribution in [3.8, 4) is 0 Å². The molecule has 2 heterocycles. The monoisotopic (exact) mass is 420 g/mol.